The first kappa shape index (κ1) is 19.9. The Balaban J connectivity index is 2.34. The molecule has 7 heteroatoms. The average Bonchev–Trinajstić information content (AvgIpc) is 3.11. The van der Waals surface area contributed by atoms with Crippen molar-refractivity contribution in [2.24, 2.45) is 5.92 Å². The standard InChI is InChI=1S/C19H29N3O4/c1-5-9-21-18(23)16-12-22(19(24)20-6-2)11-15(16)14-10-13(25-3)7-8-17(14)26-4/h7-8,10,15-16H,5-6,9,11-12H2,1-4H3,(H,20,24)(H,21,23). The number of nitrogens with one attached hydrogen (secondary N) is 2. The minimum Gasteiger partial charge on any atom is -0.497 e. The fourth-order valence-electron chi connectivity index (χ4n) is 3.32. The predicted octanol–water partition coefficient (Wildman–Crippen LogP) is 1.97. The van der Waals surface area contributed by atoms with E-state index < -0.39 is 0 Å². The number of benzene rings is 1. The summed E-state index contributed by atoms with van der Waals surface area (Å²) < 4.78 is 10.8. The lowest BCUT2D eigenvalue weighted by molar-refractivity contribution is -0.124. The Kier molecular flexibility index (Phi) is 7.12. The first-order valence-corrected chi connectivity index (χ1v) is 9.08. The lowest BCUT2D eigenvalue weighted by Gasteiger charge is -2.21. The summed E-state index contributed by atoms with van der Waals surface area (Å²) in [6, 6.07) is 5.41. The molecule has 0 radical (unpaired) electrons. The molecule has 0 aromatic heterocycles. The van der Waals surface area contributed by atoms with Crippen LogP contribution >= 0.6 is 0 Å². The van der Waals surface area contributed by atoms with Crippen molar-refractivity contribution in [3.05, 3.63) is 23.8 Å². The number of carbonyl (C=O) groups is 2. The van der Waals surface area contributed by atoms with Crippen LogP contribution in [0.5, 0.6) is 11.5 Å². The van der Waals surface area contributed by atoms with Crippen LogP contribution in [-0.4, -0.2) is 57.2 Å². The molecule has 2 N–H and O–H groups in total. The van der Waals surface area contributed by atoms with Gasteiger partial charge in [0.1, 0.15) is 11.5 Å². The molecule has 1 aromatic rings. The molecular formula is C19H29N3O4. The number of likely N-dealkylation sites (tertiary alicyclic amines) is 1. The van der Waals surface area contributed by atoms with Gasteiger partial charge in [0.25, 0.3) is 0 Å². The van der Waals surface area contributed by atoms with E-state index in [9.17, 15) is 9.59 Å². The Morgan fingerprint density at radius 1 is 1.15 bits per heavy atom. The van der Waals surface area contributed by atoms with Crippen LogP contribution in [0.1, 0.15) is 31.7 Å². The Hall–Kier alpha value is -2.44. The highest BCUT2D eigenvalue weighted by atomic mass is 16.5. The summed E-state index contributed by atoms with van der Waals surface area (Å²) in [6.07, 6.45) is 0.867. The third-order valence-corrected chi connectivity index (χ3v) is 4.66. The maximum atomic E-state index is 12.7. The highest BCUT2D eigenvalue weighted by Gasteiger charge is 2.41. The first-order valence-electron chi connectivity index (χ1n) is 9.08. The van der Waals surface area contributed by atoms with E-state index in [0.29, 0.717) is 37.7 Å². The fourth-order valence-corrected chi connectivity index (χ4v) is 3.32. The molecule has 1 aromatic carbocycles. The Bertz CT molecular complexity index is 635. The molecular weight excluding hydrogens is 334 g/mol. The van der Waals surface area contributed by atoms with Crippen molar-refractivity contribution in [1.29, 1.82) is 0 Å². The van der Waals surface area contributed by atoms with Gasteiger partial charge in [-0.3, -0.25) is 4.79 Å². The minimum atomic E-state index is -0.329. The maximum Gasteiger partial charge on any atom is 0.317 e. The summed E-state index contributed by atoms with van der Waals surface area (Å²) >= 11 is 0. The molecule has 1 fully saturated rings. The van der Waals surface area contributed by atoms with Gasteiger partial charge in [-0.25, -0.2) is 4.79 Å². The monoisotopic (exact) mass is 363 g/mol. The molecule has 26 heavy (non-hydrogen) atoms. The third kappa shape index (κ3) is 4.39. The summed E-state index contributed by atoms with van der Waals surface area (Å²) in [6.45, 7) is 5.90. The maximum absolute atomic E-state index is 12.7. The normalized spacial score (nSPS) is 19.2. The van der Waals surface area contributed by atoms with Crippen LogP contribution in [0.4, 0.5) is 4.79 Å². The number of nitrogens with zero attached hydrogens (tertiary/aromatic N) is 1. The van der Waals surface area contributed by atoms with Crippen molar-refractivity contribution in [3.8, 4) is 11.5 Å². The smallest absolute Gasteiger partial charge is 0.317 e. The van der Waals surface area contributed by atoms with E-state index in [0.717, 1.165) is 12.0 Å². The number of hydrogen-bond donors (Lipinski definition) is 2. The molecule has 0 aliphatic carbocycles. The summed E-state index contributed by atoms with van der Waals surface area (Å²) in [5, 5.41) is 5.77. The van der Waals surface area contributed by atoms with E-state index in [4.69, 9.17) is 9.47 Å². The van der Waals surface area contributed by atoms with Gasteiger partial charge >= 0.3 is 6.03 Å². The number of urea groups is 1. The van der Waals surface area contributed by atoms with Gasteiger partial charge in [0.05, 0.1) is 20.1 Å². The number of carbonyl (C=O) groups excluding carboxylic acids is 2. The van der Waals surface area contributed by atoms with E-state index in [2.05, 4.69) is 10.6 Å². The second-order valence-electron chi connectivity index (χ2n) is 6.35. The molecule has 3 amide bonds. The summed E-state index contributed by atoms with van der Waals surface area (Å²) in [4.78, 5) is 26.7. The highest BCUT2D eigenvalue weighted by Crippen LogP contribution is 2.39. The van der Waals surface area contributed by atoms with E-state index in [-0.39, 0.29) is 23.8 Å². The van der Waals surface area contributed by atoms with Crippen LogP contribution in [-0.2, 0) is 4.79 Å². The summed E-state index contributed by atoms with van der Waals surface area (Å²) in [5.41, 5.74) is 0.885. The molecule has 1 aliphatic rings. The number of methoxy groups -OCH3 is 2. The summed E-state index contributed by atoms with van der Waals surface area (Å²) in [7, 11) is 3.21. The second kappa shape index (κ2) is 9.31. The molecule has 1 saturated heterocycles. The zero-order valence-corrected chi connectivity index (χ0v) is 16.0. The van der Waals surface area contributed by atoms with Gasteiger partial charge in [0.2, 0.25) is 5.91 Å². The summed E-state index contributed by atoms with van der Waals surface area (Å²) in [5.74, 6) is 0.880. The van der Waals surface area contributed by atoms with Crippen LogP contribution in [0.25, 0.3) is 0 Å². The fraction of sp³-hybridized carbons (Fsp3) is 0.579. The first-order chi connectivity index (χ1) is 12.5. The van der Waals surface area contributed by atoms with Gasteiger partial charge in [-0.05, 0) is 31.5 Å². The van der Waals surface area contributed by atoms with Crippen LogP contribution in [0.15, 0.2) is 18.2 Å². The molecule has 2 rings (SSSR count). The van der Waals surface area contributed by atoms with Gasteiger partial charge < -0.3 is 25.0 Å². The van der Waals surface area contributed by atoms with Crippen molar-refractivity contribution in [3.63, 3.8) is 0 Å². The van der Waals surface area contributed by atoms with Gasteiger partial charge in [-0.15, -0.1) is 0 Å². The lowest BCUT2D eigenvalue weighted by Crippen LogP contribution is -2.40. The molecule has 1 heterocycles. The predicted molar refractivity (Wildman–Crippen MR) is 99.7 cm³/mol. The van der Waals surface area contributed by atoms with Crippen LogP contribution < -0.4 is 20.1 Å². The topological polar surface area (TPSA) is 79.9 Å². The molecule has 0 bridgehead atoms. The van der Waals surface area contributed by atoms with Crippen molar-refractivity contribution in [1.82, 2.24) is 15.5 Å². The molecule has 7 nitrogen and oxygen atoms in total. The number of ether oxygens (including phenoxy) is 2. The van der Waals surface area contributed by atoms with E-state index >= 15 is 0 Å². The zero-order valence-electron chi connectivity index (χ0n) is 16.0. The van der Waals surface area contributed by atoms with E-state index in [1.807, 2.05) is 32.0 Å². The molecule has 144 valence electrons. The van der Waals surface area contributed by atoms with Crippen molar-refractivity contribution in [2.45, 2.75) is 26.2 Å². The van der Waals surface area contributed by atoms with Gasteiger partial charge in [0.15, 0.2) is 0 Å². The Morgan fingerprint density at radius 2 is 1.92 bits per heavy atom. The molecule has 1 aliphatic heterocycles. The number of amides is 3. The van der Waals surface area contributed by atoms with Gasteiger partial charge in [0, 0.05) is 37.7 Å². The Morgan fingerprint density at radius 3 is 2.54 bits per heavy atom. The average molecular weight is 363 g/mol. The molecule has 0 spiro atoms. The van der Waals surface area contributed by atoms with E-state index in [1.54, 1.807) is 19.1 Å². The van der Waals surface area contributed by atoms with Gasteiger partial charge in [-0.2, -0.15) is 0 Å². The molecule has 0 saturated carbocycles. The van der Waals surface area contributed by atoms with Crippen LogP contribution in [0.3, 0.4) is 0 Å². The number of rotatable bonds is 7. The third-order valence-electron chi connectivity index (χ3n) is 4.66. The number of hydrogen-bond acceptors (Lipinski definition) is 4. The largest absolute Gasteiger partial charge is 0.497 e. The zero-order chi connectivity index (χ0) is 19.1. The molecule has 2 unspecified atom stereocenters. The SMILES string of the molecule is CCCNC(=O)C1CN(C(=O)NCC)CC1c1cc(OC)ccc1OC. The van der Waals surface area contributed by atoms with Crippen molar-refractivity contribution >= 4 is 11.9 Å². The minimum absolute atomic E-state index is 0.0338. The van der Waals surface area contributed by atoms with E-state index in [1.165, 1.54) is 0 Å². The lowest BCUT2D eigenvalue weighted by atomic mass is 9.87. The highest BCUT2D eigenvalue weighted by molar-refractivity contribution is 5.83. The van der Waals surface area contributed by atoms with Gasteiger partial charge in [-0.1, -0.05) is 6.92 Å². The Labute approximate surface area is 155 Å². The second-order valence-corrected chi connectivity index (χ2v) is 6.35. The van der Waals surface area contributed by atoms with Crippen molar-refractivity contribution < 1.29 is 19.1 Å². The molecule has 2 atom stereocenters. The quantitative estimate of drug-likeness (QED) is 0.776. The van der Waals surface area contributed by atoms with Crippen LogP contribution in [0, 0.1) is 5.92 Å². The van der Waals surface area contributed by atoms with Crippen LogP contribution in [0.2, 0.25) is 0 Å². The van der Waals surface area contributed by atoms with Crippen molar-refractivity contribution in [2.75, 3.05) is 40.4 Å².